The molecule has 8 aromatic carbocycles. The van der Waals surface area contributed by atoms with Crippen molar-refractivity contribution in [2.24, 2.45) is 0 Å². The SMILES string of the molecule is c1ccc(-c2nc(-c3ccccc3)nc(-c3cccc(-c4ccccc4-c4ccc5c6ccccc6c6ccccc6c5c4)c3)n2)cc1. The highest BCUT2D eigenvalue weighted by atomic mass is 15.0. The first-order valence-electron chi connectivity index (χ1n) is 16.2. The molecule has 0 radical (unpaired) electrons. The molecule has 0 N–H and O–H groups in total. The molecule has 3 nitrogen and oxygen atoms in total. The van der Waals surface area contributed by atoms with Crippen LogP contribution in [0.25, 0.3) is 88.7 Å². The van der Waals surface area contributed by atoms with Crippen molar-refractivity contribution in [1.29, 1.82) is 0 Å². The largest absolute Gasteiger partial charge is 0.208 e. The van der Waals surface area contributed by atoms with Crippen LogP contribution in [-0.2, 0) is 0 Å². The van der Waals surface area contributed by atoms with Gasteiger partial charge in [-0.3, -0.25) is 0 Å². The van der Waals surface area contributed by atoms with Crippen molar-refractivity contribution in [2.75, 3.05) is 0 Å². The van der Waals surface area contributed by atoms with Crippen LogP contribution in [0, 0.1) is 0 Å². The lowest BCUT2D eigenvalue weighted by Gasteiger charge is -2.15. The first-order chi connectivity index (χ1) is 23.8. The van der Waals surface area contributed by atoms with Gasteiger partial charge >= 0.3 is 0 Å². The number of fused-ring (bicyclic) bond motifs is 6. The van der Waals surface area contributed by atoms with Crippen molar-refractivity contribution in [1.82, 2.24) is 15.0 Å². The lowest BCUT2D eigenvalue weighted by Crippen LogP contribution is -2.00. The van der Waals surface area contributed by atoms with Crippen molar-refractivity contribution >= 4 is 32.3 Å². The molecule has 0 aliphatic heterocycles. The number of benzene rings is 8. The van der Waals surface area contributed by atoms with Crippen LogP contribution in [-0.4, -0.2) is 15.0 Å². The standard InChI is InChI=1S/C45H29N3/c1-3-14-30(15-4-1)43-46-44(31-16-5-2-6-17-31)48-45(47-43)34-19-13-18-32(28-34)35-20-7-8-21-36(35)33-26-27-41-39-24-10-9-22-37(39)38-23-11-12-25-40(38)42(41)29-33/h1-29H. The molecule has 1 heterocycles. The maximum Gasteiger partial charge on any atom is 0.164 e. The number of hydrogen-bond acceptors (Lipinski definition) is 3. The van der Waals surface area contributed by atoms with E-state index in [1.54, 1.807) is 0 Å². The summed E-state index contributed by atoms with van der Waals surface area (Å²) in [5.74, 6) is 1.95. The molecule has 0 fully saturated rings. The average Bonchev–Trinajstić information content (AvgIpc) is 3.18. The zero-order valence-electron chi connectivity index (χ0n) is 26.1. The Morgan fingerprint density at radius 2 is 0.604 bits per heavy atom. The number of hydrogen-bond donors (Lipinski definition) is 0. The molecule has 0 bridgehead atoms. The van der Waals surface area contributed by atoms with Gasteiger partial charge < -0.3 is 0 Å². The summed E-state index contributed by atoms with van der Waals surface area (Å²) < 4.78 is 0. The van der Waals surface area contributed by atoms with E-state index in [9.17, 15) is 0 Å². The molecule has 9 rings (SSSR count). The van der Waals surface area contributed by atoms with Gasteiger partial charge in [-0.1, -0.05) is 164 Å². The Balaban J connectivity index is 1.19. The Bertz CT molecular complexity index is 2520. The summed E-state index contributed by atoms with van der Waals surface area (Å²) >= 11 is 0. The van der Waals surface area contributed by atoms with Gasteiger partial charge in [0, 0.05) is 16.7 Å². The summed E-state index contributed by atoms with van der Waals surface area (Å²) in [4.78, 5) is 14.8. The first kappa shape index (κ1) is 27.8. The van der Waals surface area contributed by atoms with Crippen molar-refractivity contribution in [3.8, 4) is 56.4 Å². The van der Waals surface area contributed by atoms with Gasteiger partial charge in [-0.25, -0.2) is 15.0 Å². The molecule has 224 valence electrons. The van der Waals surface area contributed by atoms with Crippen LogP contribution in [0.15, 0.2) is 176 Å². The highest BCUT2D eigenvalue weighted by Gasteiger charge is 2.15. The lowest BCUT2D eigenvalue weighted by atomic mass is 9.89. The normalized spacial score (nSPS) is 11.3. The number of rotatable bonds is 5. The van der Waals surface area contributed by atoms with Crippen molar-refractivity contribution in [3.05, 3.63) is 176 Å². The average molecular weight is 612 g/mol. The van der Waals surface area contributed by atoms with Gasteiger partial charge in [0.1, 0.15) is 0 Å². The summed E-state index contributed by atoms with van der Waals surface area (Å²) in [6.07, 6.45) is 0. The molecule has 0 aliphatic carbocycles. The van der Waals surface area contributed by atoms with E-state index < -0.39 is 0 Å². The lowest BCUT2D eigenvalue weighted by molar-refractivity contribution is 1.07. The second-order valence-corrected chi connectivity index (χ2v) is 12.0. The minimum Gasteiger partial charge on any atom is -0.208 e. The second-order valence-electron chi connectivity index (χ2n) is 12.0. The van der Waals surface area contributed by atoms with Crippen molar-refractivity contribution < 1.29 is 0 Å². The Morgan fingerprint density at radius 3 is 1.15 bits per heavy atom. The van der Waals surface area contributed by atoms with Gasteiger partial charge in [-0.05, 0) is 66.7 Å². The fraction of sp³-hybridized carbons (Fsp3) is 0. The molecule has 0 amide bonds. The van der Waals surface area contributed by atoms with Gasteiger partial charge in [-0.15, -0.1) is 0 Å². The molecule has 48 heavy (non-hydrogen) atoms. The van der Waals surface area contributed by atoms with E-state index in [2.05, 4.69) is 115 Å². The van der Waals surface area contributed by atoms with Crippen LogP contribution in [0.1, 0.15) is 0 Å². The van der Waals surface area contributed by atoms with Gasteiger partial charge in [0.05, 0.1) is 0 Å². The number of nitrogens with zero attached hydrogens (tertiary/aromatic N) is 3. The third-order valence-corrected chi connectivity index (χ3v) is 9.11. The van der Waals surface area contributed by atoms with E-state index in [-0.39, 0.29) is 0 Å². The highest BCUT2D eigenvalue weighted by molar-refractivity contribution is 6.25. The van der Waals surface area contributed by atoms with Gasteiger partial charge in [0.15, 0.2) is 17.5 Å². The van der Waals surface area contributed by atoms with E-state index in [0.29, 0.717) is 17.5 Å². The van der Waals surface area contributed by atoms with E-state index >= 15 is 0 Å². The molecule has 0 unspecified atom stereocenters. The second kappa shape index (κ2) is 11.7. The van der Waals surface area contributed by atoms with Gasteiger partial charge in [0.2, 0.25) is 0 Å². The van der Waals surface area contributed by atoms with E-state index in [1.807, 2.05) is 60.7 Å². The Hall–Kier alpha value is -6.45. The van der Waals surface area contributed by atoms with Crippen LogP contribution in [0.3, 0.4) is 0 Å². The fourth-order valence-electron chi connectivity index (χ4n) is 6.83. The predicted molar refractivity (Wildman–Crippen MR) is 200 cm³/mol. The monoisotopic (exact) mass is 611 g/mol. The molecule has 0 atom stereocenters. The Morgan fingerprint density at radius 1 is 0.229 bits per heavy atom. The van der Waals surface area contributed by atoms with Crippen molar-refractivity contribution in [3.63, 3.8) is 0 Å². The van der Waals surface area contributed by atoms with Crippen molar-refractivity contribution in [2.45, 2.75) is 0 Å². The Kier molecular flexibility index (Phi) is 6.80. The molecule has 9 aromatic rings. The summed E-state index contributed by atoms with van der Waals surface area (Å²) in [6, 6.07) is 61.8. The zero-order chi connectivity index (χ0) is 31.9. The summed E-state index contributed by atoms with van der Waals surface area (Å²) in [5, 5.41) is 7.64. The maximum absolute atomic E-state index is 4.98. The molecule has 3 heteroatoms. The molecule has 0 saturated carbocycles. The third-order valence-electron chi connectivity index (χ3n) is 9.11. The van der Waals surface area contributed by atoms with E-state index in [4.69, 9.17) is 15.0 Å². The molecule has 0 aliphatic rings. The summed E-state index contributed by atoms with van der Waals surface area (Å²) in [5.41, 5.74) is 7.48. The van der Waals surface area contributed by atoms with Crippen LogP contribution < -0.4 is 0 Å². The topological polar surface area (TPSA) is 38.7 Å². The van der Waals surface area contributed by atoms with Gasteiger partial charge in [0.25, 0.3) is 0 Å². The fourth-order valence-corrected chi connectivity index (χ4v) is 6.83. The summed E-state index contributed by atoms with van der Waals surface area (Å²) in [7, 11) is 0. The molecule has 0 spiro atoms. The highest BCUT2D eigenvalue weighted by Crippen LogP contribution is 2.40. The molecule has 0 saturated heterocycles. The van der Waals surface area contributed by atoms with E-state index in [0.717, 1.165) is 27.8 Å². The third kappa shape index (κ3) is 4.90. The Labute approximate surface area is 278 Å². The van der Waals surface area contributed by atoms with Crippen LogP contribution >= 0.6 is 0 Å². The van der Waals surface area contributed by atoms with Crippen LogP contribution in [0.4, 0.5) is 0 Å². The molecular formula is C45H29N3. The minimum atomic E-state index is 0.645. The molecular weight excluding hydrogens is 583 g/mol. The van der Waals surface area contributed by atoms with Gasteiger partial charge in [-0.2, -0.15) is 0 Å². The quantitative estimate of drug-likeness (QED) is 0.182. The smallest absolute Gasteiger partial charge is 0.164 e. The zero-order valence-corrected chi connectivity index (χ0v) is 26.1. The minimum absolute atomic E-state index is 0.645. The van der Waals surface area contributed by atoms with Crippen LogP contribution in [0.2, 0.25) is 0 Å². The molecule has 1 aromatic heterocycles. The van der Waals surface area contributed by atoms with Crippen LogP contribution in [0.5, 0.6) is 0 Å². The predicted octanol–water partition coefficient (Wildman–Crippen LogP) is 11.7. The summed E-state index contributed by atoms with van der Waals surface area (Å²) in [6.45, 7) is 0. The van der Waals surface area contributed by atoms with E-state index in [1.165, 1.54) is 43.4 Å². The first-order valence-corrected chi connectivity index (χ1v) is 16.2. The maximum atomic E-state index is 4.98. The number of aromatic nitrogens is 3.